The topological polar surface area (TPSA) is 55.6 Å². The fourth-order valence-corrected chi connectivity index (χ4v) is 1.99. The molecular weight excluding hydrogens is 295 g/mol. The van der Waals surface area contributed by atoms with Gasteiger partial charge in [0, 0.05) is 13.6 Å². The van der Waals surface area contributed by atoms with Crippen LogP contribution >= 0.6 is 0 Å². The van der Waals surface area contributed by atoms with Crippen molar-refractivity contribution in [2.24, 2.45) is 7.05 Å². The van der Waals surface area contributed by atoms with E-state index in [0.717, 1.165) is 17.6 Å². The molecular formula is C14H12F3N5. The lowest BCUT2D eigenvalue weighted by Crippen LogP contribution is -2.06. The molecule has 0 radical (unpaired) electrons. The van der Waals surface area contributed by atoms with Crippen LogP contribution in [-0.4, -0.2) is 19.5 Å². The lowest BCUT2D eigenvalue weighted by atomic mass is 10.1. The second-order valence-electron chi connectivity index (χ2n) is 4.81. The van der Waals surface area contributed by atoms with Gasteiger partial charge in [0.05, 0.1) is 18.1 Å². The molecule has 3 rings (SSSR count). The number of hydrogen-bond acceptors (Lipinski definition) is 4. The van der Waals surface area contributed by atoms with Crippen molar-refractivity contribution in [3.05, 3.63) is 47.9 Å². The van der Waals surface area contributed by atoms with Crippen molar-refractivity contribution in [3.8, 4) is 0 Å². The van der Waals surface area contributed by atoms with E-state index in [2.05, 4.69) is 20.3 Å². The van der Waals surface area contributed by atoms with Crippen LogP contribution in [0.2, 0.25) is 0 Å². The number of aromatic nitrogens is 4. The Hall–Kier alpha value is -2.64. The minimum atomic E-state index is -4.32. The van der Waals surface area contributed by atoms with E-state index in [1.165, 1.54) is 12.1 Å². The molecule has 0 bridgehead atoms. The fourth-order valence-electron chi connectivity index (χ4n) is 1.99. The number of alkyl halides is 3. The standard InChI is InChI=1S/C14H12F3N5/c1-22-8-20-12-11(22)7-19-13(21-12)18-6-9-2-4-10(5-3-9)14(15,16)17/h2-5,7-8H,6H2,1H3,(H,18,19,21). The minimum Gasteiger partial charge on any atom is -0.350 e. The molecule has 5 nitrogen and oxygen atoms in total. The van der Waals surface area contributed by atoms with Crippen LogP contribution in [0.15, 0.2) is 36.8 Å². The molecule has 2 aromatic heterocycles. The molecule has 1 N–H and O–H groups in total. The number of benzene rings is 1. The first kappa shape index (κ1) is 14.3. The van der Waals surface area contributed by atoms with Crippen molar-refractivity contribution in [1.82, 2.24) is 19.5 Å². The summed E-state index contributed by atoms with van der Waals surface area (Å²) in [4.78, 5) is 12.5. The first-order chi connectivity index (χ1) is 10.4. The largest absolute Gasteiger partial charge is 0.416 e. The van der Waals surface area contributed by atoms with E-state index >= 15 is 0 Å². The molecule has 0 saturated carbocycles. The highest BCUT2D eigenvalue weighted by molar-refractivity contribution is 5.70. The van der Waals surface area contributed by atoms with Gasteiger partial charge >= 0.3 is 6.18 Å². The van der Waals surface area contributed by atoms with Gasteiger partial charge in [-0.05, 0) is 17.7 Å². The normalized spacial score (nSPS) is 11.8. The van der Waals surface area contributed by atoms with Crippen LogP contribution in [-0.2, 0) is 19.8 Å². The van der Waals surface area contributed by atoms with Gasteiger partial charge in [-0.1, -0.05) is 12.1 Å². The summed E-state index contributed by atoms with van der Waals surface area (Å²) in [6.45, 7) is 0.330. The van der Waals surface area contributed by atoms with Gasteiger partial charge in [0.25, 0.3) is 0 Å². The van der Waals surface area contributed by atoms with Crippen LogP contribution < -0.4 is 5.32 Å². The zero-order valence-corrected chi connectivity index (χ0v) is 11.6. The van der Waals surface area contributed by atoms with E-state index in [9.17, 15) is 13.2 Å². The zero-order valence-electron chi connectivity index (χ0n) is 11.6. The van der Waals surface area contributed by atoms with E-state index in [1.807, 2.05) is 7.05 Å². The number of imidazole rings is 1. The SMILES string of the molecule is Cn1cnc2nc(NCc3ccc(C(F)(F)F)cc3)ncc21. The molecule has 2 heterocycles. The Bertz CT molecular complexity index is 792. The summed E-state index contributed by atoms with van der Waals surface area (Å²) in [7, 11) is 1.84. The number of anilines is 1. The summed E-state index contributed by atoms with van der Waals surface area (Å²) in [5.41, 5.74) is 1.41. The first-order valence-electron chi connectivity index (χ1n) is 6.47. The van der Waals surface area contributed by atoms with Gasteiger partial charge in [-0.2, -0.15) is 18.2 Å². The van der Waals surface area contributed by atoms with E-state index in [-0.39, 0.29) is 0 Å². The molecule has 0 unspecified atom stereocenters. The molecule has 0 atom stereocenters. The molecule has 8 heteroatoms. The number of halogens is 3. The Labute approximate surface area is 123 Å². The molecule has 1 aromatic carbocycles. The van der Waals surface area contributed by atoms with Gasteiger partial charge in [-0.25, -0.2) is 9.97 Å². The van der Waals surface area contributed by atoms with Gasteiger partial charge in [0.15, 0.2) is 5.65 Å². The molecule has 114 valence electrons. The van der Waals surface area contributed by atoms with Crippen LogP contribution in [0.25, 0.3) is 11.2 Å². The highest BCUT2D eigenvalue weighted by Crippen LogP contribution is 2.29. The maximum atomic E-state index is 12.5. The van der Waals surface area contributed by atoms with E-state index < -0.39 is 11.7 Å². The predicted molar refractivity (Wildman–Crippen MR) is 75.1 cm³/mol. The Kier molecular flexibility index (Phi) is 3.44. The summed E-state index contributed by atoms with van der Waals surface area (Å²) >= 11 is 0. The highest BCUT2D eigenvalue weighted by Gasteiger charge is 2.29. The molecule has 0 fully saturated rings. The molecule has 22 heavy (non-hydrogen) atoms. The van der Waals surface area contributed by atoms with Gasteiger partial charge in [-0.3, -0.25) is 0 Å². The van der Waals surface area contributed by atoms with Crippen molar-refractivity contribution in [1.29, 1.82) is 0 Å². The van der Waals surface area contributed by atoms with E-state index in [4.69, 9.17) is 0 Å². The number of rotatable bonds is 3. The smallest absolute Gasteiger partial charge is 0.350 e. The molecule has 0 aliphatic carbocycles. The lowest BCUT2D eigenvalue weighted by Gasteiger charge is -2.08. The third-order valence-corrected chi connectivity index (χ3v) is 3.22. The summed E-state index contributed by atoms with van der Waals surface area (Å²) in [6, 6.07) is 4.96. The third-order valence-electron chi connectivity index (χ3n) is 3.22. The fraction of sp³-hybridized carbons (Fsp3) is 0.214. The third kappa shape index (κ3) is 2.85. The summed E-state index contributed by atoms with van der Waals surface area (Å²) in [6.07, 6.45) is -1.04. The quantitative estimate of drug-likeness (QED) is 0.808. The Morgan fingerprint density at radius 3 is 2.55 bits per heavy atom. The highest BCUT2D eigenvalue weighted by atomic mass is 19.4. The van der Waals surface area contributed by atoms with Gasteiger partial charge in [0.1, 0.15) is 5.52 Å². The molecule has 0 aliphatic heterocycles. The Morgan fingerprint density at radius 1 is 1.14 bits per heavy atom. The predicted octanol–water partition coefficient (Wildman–Crippen LogP) is 2.99. The Morgan fingerprint density at radius 2 is 1.86 bits per heavy atom. The van der Waals surface area contributed by atoms with Crippen LogP contribution in [0.3, 0.4) is 0 Å². The monoisotopic (exact) mass is 307 g/mol. The molecule has 0 aliphatic rings. The summed E-state index contributed by atoms with van der Waals surface area (Å²) in [5, 5.41) is 2.97. The number of nitrogens with one attached hydrogen (secondary N) is 1. The lowest BCUT2D eigenvalue weighted by molar-refractivity contribution is -0.137. The van der Waals surface area contributed by atoms with Crippen LogP contribution in [0.5, 0.6) is 0 Å². The second-order valence-corrected chi connectivity index (χ2v) is 4.81. The van der Waals surface area contributed by atoms with Crippen molar-refractivity contribution in [3.63, 3.8) is 0 Å². The Balaban J connectivity index is 1.70. The number of nitrogens with zero attached hydrogens (tertiary/aromatic N) is 4. The van der Waals surface area contributed by atoms with Crippen molar-refractivity contribution < 1.29 is 13.2 Å². The van der Waals surface area contributed by atoms with Gasteiger partial charge in [0.2, 0.25) is 5.95 Å². The molecule has 0 spiro atoms. The van der Waals surface area contributed by atoms with Crippen LogP contribution in [0, 0.1) is 0 Å². The van der Waals surface area contributed by atoms with E-state index in [1.54, 1.807) is 17.1 Å². The van der Waals surface area contributed by atoms with E-state index in [0.29, 0.717) is 23.7 Å². The molecule has 0 saturated heterocycles. The maximum Gasteiger partial charge on any atom is 0.416 e. The number of hydrogen-bond donors (Lipinski definition) is 1. The molecule has 0 amide bonds. The second kappa shape index (κ2) is 5.28. The minimum absolute atomic E-state index is 0.330. The van der Waals surface area contributed by atoms with Crippen molar-refractivity contribution in [2.75, 3.05) is 5.32 Å². The first-order valence-corrected chi connectivity index (χ1v) is 6.47. The van der Waals surface area contributed by atoms with Crippen LogP contribution in [0.1, 0.15) is 11.1 Å². The van der Waals surface area contributed by atoms with Crippen LogP contribution in [0.4, 0.5) is 19.1 Å². The van der Waals surface area contributed by atoms with Gasteiger partial charge < -0.3 is 9.88 Å². The average Bonchev–Trinajstić information content (AvgIpc) is 2.86. The summed E-state index contributed by atoms with van der Waals surface area (Å²) in [5.74, 6) is 0.381. The number of fused-ring (bicyclic) bond motifs is 1. The van der Waals surface area contributed by atoms with Gasteiger partial charge in [-0.15, -0.1) is 0 Å². The average molecular weight is 307 g/mol. The number of aryl methyl sites for hydroxylation is 1. The van der Waals surface area contributed by atoms with Crippen molar-refractivity contribution >= 4 is 17.1 Å². The summed E-state index contributed by atoms with van der Waals surface area (Å²) < 4.78 is 39.2. The molecule has 3 aromatic rings. The zero-order chi connectivity index (χ0) is 15.7. The maximum absolute atomic E-state index is 12.5. The van der Waals surface area contributed by atoms with Crippen molar-refractivity contribution in [2.45, 2.75) is 12.7 Å².